The highest BCUT2D eigenvalue weighted by molar-refractivity contribution is 6.13. The fourth-order valence-electron chi connectivity index (χ4n) is 3.47. The number of carbonyl (C=O) groups is 2. The highest BCUT2D eigenvalue weighted by Crippen LogP contribution is 2.47. The Hall–Kier alpha value is -2.69. The number of benzene rings is 2. The van der Waals surface area contributed by atoms with Crippen LogP contribution in [0.15, 0.2) is 36.4 Å². The van der Waals surface area contributed by atoms with Crippen LogP contribution in [0.4, 0.5) is 10.1 Å². The quantitative estimate of drug-likeness (QED) is 0.762. The average Bonchev–Trinajstić information content (AvgIpc) is 3.41. The van der Waals surface area contributed by atoms with E-state index in [0.717, 1.165) is 22.4 Å². The maximum atomic E-state index is 13.7. The third kappa shape index (κ3) is 4.02. The summed E-state index contributed by atoms with van der Waals surface area (Å²) in [5, 5.41) is 5.75. The van der Waals surface area contributed by atoms with E-state index in [9.17, 15) is 14.0 Å². The first-order valence-corrected chi connectivity index (χ1v) is 9.24. The highest BCUT2D eigenvalue weighted by atomic mass is 19.1. The van der Waals surface area contributed by atoms with Crippen molar-refractivity contribution in [3.63, 3.8) is 0 Å². The summed E-state index contributed by atoms with van der Waals surface area (Å²) in [5.74, 6) is -0.823. The van der Waals surface area contributed by atoms with Crippen LogP contribution in [0, 0.1) is 32.0 Å². The number of hydrogen-bond acceptors (Lipinski definition) is 2. The molecule has 4 nitrogen and oxygen atoms in total. The second-order valence-corrected chi connectivity index (χ2v) is 7.41. The van der Waals surface area contributed by atoms with E-state index >= 15 is 0 Å². The summed E-state index contributed by atoms with van der Waals surface area (Å²) in [6.45, 7) is 6.21. The zero-order valence-corrected chi connectivity index (χ0v) is 16.0. The fourth-order valence-corrected chi connectivity index (χ4v) is 3.47. The second kappa shape index (κ2) is 7.51. The molecule has 5 heteroatoms. The summed E-state index contributed by atoms with van der Waals surface area (Å²) in [5.41, 5.74) is 3.43. The van der Waals surface area contributed by atoms with E-state index in [4.69, 9.17) is 0 Å². The Morgan fingerprint density at radius 3 is 2.26 bits per heavy atom. The number of rotatable bonds is 6. The Morgan fingerprint density at radius 2 is 1.67 bits per heavy atom. The van der Waals surface area contributed by atoms with Crippen LogP contribution in [0.25, 0.3) is 0 Å². The molecule has 2 N–H and O–H groups in total. The smallest absolute Gasteiger partial charge is 0.240 e. The Balaban J connectivity index is 1.62. The average molecular weight is 368 g/mol. The Morgan fingerprint density at radius 1 is 1.04 bits per heavy atom. The minimum atomic E-state index is -1.00. The number of hydrogen-bond donors (Lipinski definition) is 2. The van der Waals surface area contributed by atoms with E-state index in [2.05, 4.69) is 10.6 Å². The second-order valence-electron chi connectivity index (χ2n) is 7.41. The maximum Gasteiger partial charge on any atom is 0.240 e. The van der Waals surface area contributed by atoms with Gasteiger partial charge in [0.15, 0.2) is 0 Å². The SMILES string of the molecule is Cc1cc(C)c(NC(=O)C2(C(=O)NCCc3ccccc3F)CC2)c(C)c1. The number of amides is 2. The number of nitrogens with one attached hydrogen (secondary N) is 2. The van der Waals surface area contributed by atoms with Gasteiger partial charge in [-0.1, -0.05) is 35.9 Å². The summed E-state index contributed by atoms with van der Waals surface area (Å²) in [7, 11) is 0. The van der Waals surface area contributed by atoms with Crippen molar-refractivity contribution in [2.24, 2.45) is 5.41 Å². The molecule has 1 aliphatic carbocycles. The van der Waals surface area contributed by atoms with E-state index < -0.39 is 5.41 Å². The lowest BCUT2D eigenvalue weighted by atomic mass is 10.0. The van der Waals surface area contributed by atoms with Crippen molar-refractivity contribution in [3.8, 4) is 0 Å². The molecule has 3 rings (SSSR count). The van der Waals surface area contributed by atoms with Gasteiger partial charge in [0.2, 0.25) is 11.8 Å². The van der Waals surface area contributed by atoms with Gasteiger partial charge in [-0.2, -0.15) is 0 Å². The topological polar surface area (TPSA) is 58.2 Å². The van der Waals surface area contributed by atoms with Gasteiger partial charge in [0, 0.05) is 12.2 Å². The standard InChI is InChI=1S/C22H25FN2O2/c1-14-12-15(2)19(16(3)13-14)25-21(27)22(9-10-22)20(26)24-11-8-17-6-4-5-7-18(17)23/h4-7,12-13H,8-11H2,1-3H3,(H,24,26)(H,25,27). The van der Waals surface area contributed by atoms with Gasteiger partial charge in [-0.15, -0.1) is 0 Å². The first kappa shape index (κ1) is 19.1. The van der Waals surface area contributed by atoms with Crippen molar-refractivity contribution in [2.75, 3.05) is 11.9 Å². The van der Waals surface area contributed by atoms with Gasteiger partial charge in [-0.05, 0) is 62.8 Å². The Labute approximate surface area is 159 Å². The number of anilines is 1. The zero-order chi connectivity index (χ0) is 19.6. The van der Waals surface area contributed by atoms with Gasteiger partial charge in [0.05, 0.1) is 0 Å². The van der Waals surface area contributed by atoms with Crippen LogP contribution in [0.1, 0.15) is 35.1 Å². The molecule has 0 atom stereocenters. The highest BCUT2D eigenvalue weighted by Gasteiger charge is 2.56. The fraction of sp³-hybridized carbons (Fsp3) is 0.364. The number of halogens is 1. The molecule has 0 radical (unpaired) electrons. The maximum absolute atomic E-state index is 13.7. The number of carbonyl (C=O) groups excluding carboxylic acids is 2. The summed E-state index contributed by atoms with van der Waals surface area (Å²) in [6, 6.07) is 10.5. The van der Waals surface area contributed by atoms with E-state index in [0.29, 0.717) is 31.4 Å². The largest absolute Gasteiger partial charge is 0.355 e. The van der Waals surface area contributed by atoms with Crippen molar-refractivity contribution in [3.05, 3.63) is 64.5 Å². The zero-order valence-electron chi connectivity index (χ0n) is 16.0. The van der Waals surface area contributed by atoms with Gasteiger partial charge in [-0.25, -0.2) is 4.39 Å². The van der Waals surface area contributed by atoms with Crippen LogP contribution in [-0.2, 0) is 16.0 Å². The molecule has 0 bridgehead atoms. The molecule has 2 aromatic carbocycles. The van der Waals surface area contributed by atoms with Crippen LogP contribution in [0.3, 0.4) is 0 Å². The molecular weight excluding hydrogens is 343 g/mol. The molecular formula is C22H25FN2O2. The first-order chi connectivity index (χ1) is 12.8. The summed E-state index contributed by atoms with van der Waals surface area (Å²) < 4.78 is 13.7. The molecule has 1 saturated carbocycles. The molecule has 1 aliphatic rings. The first-order valence-electron chi connectivity index (χ1n) is 9.24. The minimum absolute atomic E-state index is 0.263. The van der Waals surface area contributed by atoms with Crippen LogP contribution < -0.4 is 10.6 Å². The predicted molar refractivity (Wildman–Crippen MR) is 104 cm³/mol. The molecule has 0 spiro atoms. The molecule has 2 aromatic rings. The third-order valence-electron chi connectivity index (χ3n) is 5.17. The van der Waals surface area contributed by atoms with E-state index in [1.54, 1.807) is 18.2 Å². The van der Waals surface area contributed by atoms with Crippen LogP contribution in [0.2, 0.25) is 0 Å². The minimum Gasteiger partial charge on any atom is -0.355 e. The molecule has 142 valence electrons. The van der Waals surface area contributed by atoms with E-state index in [1.807, 2.05) is 32.9 Å². The van der Waals surface area contributed by atoms with Gasteiger partial charge >= 0.3 is 0 Å². The Bertz CT molecular complexity index is 865. The molecule has 0 saturated heterocycles. The van der Waals surface area contributed by atoms with E-state index in [1.165, 1.54) is 6.07 Å². The normalized spacial score (nSPS) is 14.5. The molecule has 2 amide bonds. The summed E-state index contributed by atoms with van der Waals surface area (Å²) in [4.78, 5) is 25.4. The van der Waals surface area contributed by atoms with Gasteiger partial charge in [-0.3, -0.25) is 9.59 Å². The predicted octanol–water partition coefficient (Wildman–Crippen LogP) is 3.83. The molecule has 0 aliphatic heterocycles. The van der Waals surface area contributed by atoms with Gasteiger partial charge in [0.25, 0.3) is 0 Å². The van der Waals surface area contributed by atoms with Crippen molar-refractivity contribution >= 4 is 17.5 Å². The van der Waals surface area contributed by atoms with Crippen LogP contribution >= 0.6 is 0 Å². The number of aryl methyl sites for hydroxylation is 3. The molecule has 0 unspecified atom stereocenters. The summed E-state index contributed by atoms with van der Waals surface area (Å²) in [6.07, 6.45) is 1.47. The monoisotopic (exact) mass is 368 g/mol. The van der Waals surface area contributed by atoms with Crippen molar-refractivity contribution < 1.29 is 14.0 Å². The lowest BCUT2D eigenvalue weighted by molar-refractivity contribution is -0.134. The van der Waals surface area contributed by atoms with Crippen molar-refractivity contribution in [1.29, 1.82) is 0 Å². The third-order valence-corrected chi connectivity index (χ3v) is 5.17. The molecule has 27 heavy (non-hydrogen) atoms. The summed E-state index contributed by atoms with van der Waals surface area (Å²) >= 11 is 0. The molecule has 0 heterocycles. The van der Waals surface area contributed by atoms with Crippen LogP contribution in [-0.4, -0.2) is 18.4 Å². The lowest BCUT2D eigenvalue weighted by Crippen LogP contribution is -2.41. The van der Waals surface area contributed by atoms with E-state index in [-0.39, 0.29) is 17.6 Å². The van der Waals surface area contributed by atoms with Gasteiger partial charge < -0.3 is 10.6 Å². The van der Waals surface area contributed by atoms with Gasteiger partial charge in [0.1, 0.15) is 11.2 Å². The van der Waals surface area contributed by atoms with Crippen molar-refractivity contribution in [2.45, 2.75) is 40.0 Å². The Kier molecular flexibility index (Phi) is 5.31. The lowest BCUT2D eigenvalue weighted by Gasteiger charge is -2.18. The van der Waals surface area contributed by atoms with Crippen LogP contribution in [0.5, 0.6) is 0 Å². The molecule has 1 fully saturated rings. The van der Waals surface area contributed by atoms with Crippen molar-refractivity contribution in [1.82, 2.24) is 5.32 Å². The molecule has 0 aromatic heterocycles.